The maximum Gasteiger partial charge on any atom is 0.155 e. The number of benzene rings is 1. The lowest BCUT2D eigenvalue weighted by Crippen LogP contribution is -2.02. The number of hydrazine groups is 1. The zero-order valence-corrected chi connectivity index (χ0v) is 7.88. The molecule has 1 rings (SSSR count). The molecule has 0 heterocycles. The standard InChI is InChI=1S/C7H6F3NO.H4N2.H2O/c1-12-5-2-3-7(11(9)10)6(8)4-5;1-2;/h2-4H,1H3;1-2H2;1H2. The molecule has 0 amide bonds. The van der Waals surface area contributed by atoms with Crippen LogP contribution in [0.1, 0.15) is 0 Å². The van der Waals surface area contributed by atoms with Crippen molar-refractivity contribution in [2.75, 3.05) is 12.5 Å². The summed E-state index contributed by atoms with van der Waals surface area (Å²) in [6, 6.07) is 3.08. The molecule has 1 aromatic rings. The number of ether oxygens (including phenoxy) is 1. The molecule has 5 nitrogen and oxygen atoms in total. The minimum atomic E-state index is -1.28. The van der Waals surface area contributed by atoms with Crippen molar-refractivity contribution in [2.45, 2.75) is 0 Å². The first kappa shape index (κ1) is 15.9. The van der Waals surface area contributed by atoms with E-state index < -0.39 is 16.8 Å². The molecule has 0 aliphatic carbocycles. The van der Waals surface area contributed by atoms with E-state index in [0.29, 0.717) is 0 Å². The van der Waals surface area contributed by atoms with Gasteiger partial charge in [0.2, 0.25) is 0 Å². The number of nitrogens with zero attached hydrogens (tertiary/aromatic N) is 1. The molecular formula is C7H12F3N3O2. The number of halogens is 3. The van der Waals surface area contributed by atoms with Gasteiger partial charge in [-0.1, -0.05) is 8.96 Å². The van der Waals surface area contributed by atoms with Crippen LogP contribution in [0.5, 0.6) is 5.75 Å². The molecule has 88 valence electrons. The fourth-order valence-corrected chi connectivity index (χ4v) is 0.752. The Kier molecular flexibility index (Phi) is 8.35. The third-order valence-corrected chi connectivity index (χ3v) is 1.34. The van der Waals surface area contributed by atoms with E-state index in [0.717, 1.165) is 12.1 Å². The molecule has 0 spiro atoms. The second kappa shape index (κ2) is 7.85. The highest BCUT2D eigenvalue weighted by molar-refractivity contribution is 5.46. The lowest BCUT2D eigenvalue weighted by Gasteiger charge is -2.04. The van der Waals surface area contributed by atoms with E-state index in [-0.39, 0.29) is 11.2 Å². The van der Waals surface area contributed by atoms with Gasteiger partial charge in [0.05, 0.1) is 7.11 Å². The minimum absolute atomic E-state index is 0. The first-order valence-corrected chi connectivity index (χ1v) is 3.43. The van der Waals surface area contributed by atoms with Gasteiger partial charge in [0.15, 0.2) is 5.82 Å². The quantitative estimate of drug-likeness (QED) is 0.434. The van der Waals surface area contributed by atoms with Crippen molar-refractivity contribution in [1.82, 2.24) is 0 Å². The fourth-order valence-electron chi connectivity index (χ4n) is 0.752. The van der Waals surface area contributed by atoms with E-state index in [1.807, 2.05) is 0 Å². The summed E-state index contributed by atoms with van der Waals surface area (Å²) in [5, 5.41) is -1.28. The maximum atomic E-state index is 12.7. The third kappa shape index (κ3) is 4.49. The second-order valence-corrected chi connectivity index (χ2v) is 2.05. The van der Waals surface area contributed by atoms with Gasteiger partial charge >= 0.3 is 0 Å². The molecule has 0 aromatic heterocycles. The Bertz CT molecular complexity index is 286. The van der Waals surface area contributed by atoms with Gasteiger partial charge in [0.25, 0.3) is 0 Å². The molecule has 0 aliphatic rings. The van der Waals surface area contributed by atoms with Gasteiger partial charge in [0, 0.05) is 6.07 Å². The molecule has 8 heteroatoms. The van der Waals surface area contributed by atoms with Gasteiger partial charge < -0.3 is 10.2 Å². The van der Waals surface area contributed by atoms with Crippen molar-refractivity contribution in [1.29, 1.82) is 0 Å². The van der Waals surface area contributed by atoms with Crippen LogP contribution in [-0.2, 0) is 0 Å². The third-order valence-electron chi connectivity index (χ3n) is 1.34. The number of hydrogen-bond donors (Lipinski definition) is 2. The summed E-state index contributed by atoms with van der Waals surface area (Å²) in [6.07, 6.45) is 0. The van der Waals surface area contributed by atoms with Crippen LogP contribution in [-0.4, -0.2) is 12.6 Å². The zero-order chi connectivity index (χ0) is 11.1. The smallest absolute Gasteiger partial charge is 0.155 e. The summed E-state index contributed by atoms with van der Waals surface area (Å²) < 4.78 is 40.9. The van der Waals surface area contributed by atoms with Gasteiger partial charge in [-0.2, -0.15) is 0 Å². The summed E-state index contributed by atoms with van der Waals surface area (Å²) >= 11 is 0. The predicted molar refractivity (Wildman–Crippen MR) is 49.6 cm³/mol. The molecule has 0 atom stereocenters. The highest BCUT2D eigenvalue weighted by atomic mass is 19.4. The van der Waals surface area contributed by atoms with E-state index in [2.05, 4.69) is 16.4 Å². The van der Waals surface area contributed by atoms with Crippen molar-refractivity contribution >= 4 is 5.69 Å². The molecule has 6 N–H and O–H groups in total. The molecule has 0 aliphatic heterocycles. The Morgan fingerprint density at radius 3 is 2.13 bits per heavy atom. The van der Waals surface area contributed by atoms with Crippen molar-refractivity contribution < 1.29 is 23.6 Å². The van der Waals surface area contributed by atoms with E-state index in [4.69, 9.17) is 0 Å². The molecule has 15 heavy (non-hydrogen) atoms. The summed E-state index contributed by atoms with van der Waals surface area (Å²) in [7, 11) is 1.33. The number of nitrogens with two attached hydrogens (primary N) is 2. The molecule has 0 unspecified atom stereocenters. The maximum absolute atomic E-state index is 12.7. The van der Waals surface area contributed by atoms with Crippen LogP contribution in [0.2, 0.25) is 0 Å². The van der Waals surface area contributed by atoms with Gasteiger partial charge in [-0.05, 0) is 17.5 Å². The SMILES string of the molecule is COc1ccc(N(F)F)c(F)c1.NN.O. The van der Waals surface area contributed by atoms with Crippen LogP contribution < -0.4 is 21.8 Å². The lowest BCUT2D eigenvalue weighted by atomic mass is 10.3. The Balaban J connectivity index is 0. The van der Waals surface area contributed by atoms with Crippen LogP contribution in [0.25, 0.3) is 0 Å². The van der Waals surface area contributed by atoms with Gasteiger partial charge in [-0.15, -0.1) is 0 Å². The number of rotatable bonds is 2. The van der Waals surface area contributed by atoms with E-state index in [1.54, 1.807) is 0 Å². The van der Waals surface area contributed by atoms with Crippen molar-refractivity contribution in [3.8, 4) is 5.75 Å². The van der Waals surface area contributed by atoms with Gasteiger partial charge in [0.1, 0.15) is 11.4 Å². The number of hydrogen-bond acceptors (Lipinski definition) is 4. The Labute approximate surface area is 84.2 Å². The van der Waals surface area contributed by atoms with Crippen molar-refractivity contribution in [3.63, 3.8) is 0 Å². The van der Waals surface area contributed by atoms with Crippen LogP contribution in [0.4, 0.5) is 19.0 Å². The minimum Gasteiger partial charge on any atom is -0.497 e. The van der Waals surface area contributed by atoms with E-state index in [1.165, 1.54) is 13.2 Å². The average molecular weight is 227 g/mol. The first-order chi connectivity index (χ1) is 6.65. The van der Waals surface area contributed by atoms with E-state index in [9.17, 15) is 13.4 Å². The Hall–Kier alpha value is -1.51. The molecule has 1 aromatic carbocycles. The summed E-state index contributed by atoms with van der Waals surface area (Å²) in [6.45, 7) is 0. The topological polar surface area (TPSA) is 96.0 Å². The average Bonchev–Trinajstić information content (AvgIpc) is 2.20. The number of anilines is 1. The van der Waals surface area contributed by atoms with Crippen LogP contribution >= 0.6 is 0 Å². The van der Waals surface area contributed by atoms with Crippen molar-refractivity contribution in [3.05, 3.63) is 24.0 Å². The predicted octanol–water partition coefficient (Wildman–Crippen LogP) is 0.404. The van der Waals surface area contributed by atoms with Crippen LogP contribution in [0.15, 0.2) is 18.2 Å². The Morgan fingerprint density at radius 2 is 1.80 bits per heavy atom. The molecule has 0 saturated heterocycles. The monoisotopic (exact) mass is 227 g/mol. The van der Waals surface area contributed by atoms with E-state index >= 15 is 0 Å². The Morgan fingerprint density at radius 1 is 1.27 bits per heavy atom. The van der Waals surface area contributed by atoms with Crippen molar-refractivity contribution in [2.24, 2.45) is 11.7 Å². The highest BCUT2D eigenvalue weighted by Crippen LogP contribution is 2.24. The second-order valence-electron chi connectivity index (χ2n) is 2.05. The zero-order valence-electron chi connectivity index (χ0n) is 7.88. The largest absolute Gasteiger partial charge is 0.497 e. The van der Waals surface area contributed by atoms with Gasteiger partial charge in [-0.3, -0.25) is 11.7 Å². The molecular weight excluding hydrogens is 215 g/mol. The van der Waals surface area contributed by atoms with Gasteiger partial charge in [-0.25, -0.2) is 4.39 Å². The summed E-state index contributed by atoms with van der Waals surface area (Å²) in [4.78, 5) is 0. The first-order valence-electron chi connectivity index (χ1n) is 3.43. The molecule has 0 bridgehead atoms. The van der Waals surface area contributed by atoms with Crippen LogP contribution in [0, 0.1) is 5.82 Å². The molecule has 0 radical (unpaired) electrons. The number of methoxy groups -OCH3 is 1. The summed E-state index contributed by atoms with van der Waals surface area (Å²) in [5.74, 6) is 7.19. The fraction of sp³-hybridized carbons (Fsp3) is 0.143. The lowest BCUT2D eigenvalue weighted by molar-refractivity contribution is 0.230. The normalized spacial score (nSPS) is 8.13. The van der Waals surface area contributed by atoms with Crippen LogP contribution in [0.3, 0.4) is 0 Å². The molecule has 0 saturated carbocycles. The highest BCUT2D eigenvalue weighted by Gasteiger charge is 2.10. The molecule has 0 fully saturated rings. The summed E-state index contributed by atoms with van der Waals surface area (Å²) in [5.41, 5.74) is -0.768.